The minimum atomic E-state index is -0.432. The molecule has 0 spiro atoms. The van der Waals surface area contributed by atoms with Gasteiger partial charge in [0.15, 0.2) is 0 Å². The molecule has 38 heavy (non-hydrogen) atoms. The summed E-state index contributed by atoms with van der Waals surface area (Å²) in [5.74, 6) is 0. The number of fused-ring (bicyclic) bond motifs is 2. The Bertz CT molecular complexity index is 1730. The number of hydrogen-bond acceptors (Lipinski definition) is 5. The molecule has 0 aliphatic rings. The summed E-state index contributed by atoms with van der Waals surface area (Å²) in [4.78, 5) is 26.4. The van der Waals surface area contributed by atoms with Gasteiger partial charge in [-0.15, -0.1) is 0 Å². The molecule has 0 N–H and O–H groups in total. The van der Waals surface area contributed by atoms with Gasteiger partial charge in [0.25, 0.3) is 11.4 Å². The van der Waals surface area contributed by atoms with E-state index in [9.17, 15) is 20.2 Å². The molecule has 7 nitrogen and oxygen atoms in total. The Kier molecular flexibility index (Phi) is 5.58. The average molecular weight is 498 g/mol. The van der Waals surface area contributed by atoms with Crippen molar-refractivity contribution in [2.45, 2.75) is 0 Å². The van der Waals surface area contributed by atoms with Crippen LogP contribution < -0.4 is 0 Å². The number of non-ortho nitro benzene ring substituents is 2. The third-order valence-electron chi connectivity index (χ3n) is 6.63. The maximum atomic E-state index is 11.2. The summed E-state index contributed by atoms with van der Waals surface area (Å²) in [6.07, 6.45) is 0. The molecule has 1 heterocycles. The maximum Gasteiger partial charge on any atom is 0.269 e. The Morgan fingerprint density at radius 2 is 0.921 bits per heavy atom. The molecule has 0 unspecified atom stereocenters. The first-order valence-corrected chi connectivity index (χ1v) is 11.9. The third kappa shape index (κ3) is 4.12. The van der Waals surface area contributed by atoms with Crippen LogP contribution in [0.5, 0.6) is 0 Å². The summed E-state index contributed by atoms with van der Waals surface area (Å²) in [7, 11) is 0. The molecule has 6 aromatic rings. The first-order chi connectivity index (χ1) is 18.5. The van der Waals surface area contributed by atoms with Gasteiger partial charge in [0.1, 0.15) is 0 Å². The third-order valence-corrected chi connectivity index (χ3v) is 6.63. The minimum absolute atomic E-state index is 0.000504. The summed E-state index contributed by atoms with van der Waals surface area (Å²) in [6.45, 7) is 0. The molecule has 6 rings (SSSR count). The summed E-state index contributed by atoms with van der Waals surface area (Å²) in [5, 5.41) is 26.8. The highest BCUT2D eigenvalue weighted by Gasteiger charge is 2.15. The SMILES string of the molecule is O=[N+]([O-])c1ccc(-c2cc(-c3c4ccccc4cc4ccccc34)cc(-c3ccc([N+](=O)[O-])cc3)n2)cc1. The molecular formula is C31H19N3O4. The predicted octanol–water partition coefficient (Wildman–Crippen LogP) is 8.21. The Balaban J connectivity index is 1.63. The van der Waals surface area contributed by atoms with E-state index in [1.54, 1.807) is 24.3 Å². The fourth-order valence-electron chi connectivity index (χ4n) is 4.80. The molecule has 0 radical (unpaired) electrons. The van der Waals surface area contributed by atoms with Crippen LogP contribution in [0.3, 0.4) is 0 Å². The standard InChI is InChI=1S/C31H19N3O4/c35-33(36)25-13-9-20(10-14-25)29-18-24(19-30(32-29)21-11-15-26(16-12-21)34(37)38)31-27-7-3-1-5-22(27)17-23-6-2-4-8-28(23)31/h1-19H. The van der Waals surface area contributed by atoms with Crippen molar-refractivity contribution < 1.29 is 9.85 Å². The van der Waals surface area contributed by atoms with Gasteiger partial charge in [0.05, 0.1) is 21.2 Å². The van der Waals surface area contributed by atoms with E-state index >= 15 is 0 Å². The molecule has 0 saturated heterocycles. The van der Waals surface area contributed by atoms with Gasteiger partial charge in [-0.25, -0.2) is 4.98 Å². The van der Waals surface area contributed by atoms with Crippen molar-refractivity contribution in [3.8, 4) is 33.6 Å². The Labute approximate surface area is 216 Å². The zero-order valence-electron chi connectivity index (χ0n) is 19.9. The second-order valence-electron chi connectivity index (χ2n) is 8.93. The lowest BCUT2D eigenvalue weighted by atomic mass is 9.91. The lowest BCUT2D eigenvalue weighted by Gasteiger charge is -2.15. The van der Waals surface area contributed by atoms with Gasteiger partial charge in [-0.3, -0.25) is 20.2 Å². The topological polar surface area (TPSA) is 99.2 Å². The van der Waals surface area contributed by atoms with E-state index in [0.717, 1.165) is 43.8 Å². The van der Waals surface area contributed by atoms with Gasteiger partial charge in [0.2, 0.25) is 0 Å². The lowest BCUT2D eigenvalue weighted by molar-refractivity contribution is -0.385. The highest BCUT2D eigenvalue weighted by Crippen LogP contribution is 2.39. The van der Waals surface area contributed by atoms with Gasteiger partial charge in [-0.1, -0.05) is 48.5 Å². The Hall–Kier alpha value is -5.43. The number of rotatable bonds is 5. The van der Waals surface area contributed by atoms with Crippen molar-refractivity contribution in [3.05, 3.63) is 135 Å². The first kappa shape index (κ1) is 23.0. The van der Waals surface area contributed by atoms with E-state index in [-0.39, 0.29) is 11.4 Å². The molecule has 5 aromatic carbocycles. The van der Waals surface area contributed by atoms with Crippen molar-refractivity contribution in [3.63, 3.8) is 0 Å². The van der Waals surface area contributed by atoms with Crippen LogP contribution in [0.4, 0.5) is 11.4 Å². The summed E-state index contributed by atoms with van der Waals surface area (Å²) < 4.78 is 0. The van der Waals surface area contributed by atoms with Crippen LogP contribution in [0.15, 0.2) is 115 Å². The monoisotopic (exact) mass is 497 g/mol. The molecule has 0 saturated carbocycles. The van der Waals surface area contributed by atoms with E-state index in [1.807, 2.05) is 36.4 Å². The highest BCUT2D eigenvalue weighted by molar-refractivity contribution is 6.13. The minimum Gasteiger partial charge on any atom is -0.258 e. The van der Waals surface area contributed by atoms with Crippen LogP contribution in [0.1, 0.15) is 0 Å². The molecule has 0 amide bonds. The fourth-order valence-corrected chi connectivity index (χ4v) is 4.80. The summed E-state index contributed by atoms with van der Waals surface area (Å²) in [5.41, 5.74) is 4.71. The van der Waals surface area contributed by atoms with Crippen LogP contribution in [0, 0.1) is 20.2 Å². The second kappa shape index (κ2) is 9.22. The molecule has 0 aliphatic carbocycles. The van der Waals surface area contributed by atoms with E-state index in [0.29, 0.717) is 11.4 Å². The number of benzene rings is 5. The van der Waals surface area contributed by atoms with Crippen molar-refractivity contribution >= 4 is 32.9 Å². The highest BCUT2D eigenvalue weighted by atomic mass is 16.6. The quantitative estimate of drug-likeness (QED) is 0.136. The maximum absolute atomic E-state index is 11.2. The molecule has 0 fully saturated rings. The van der Waals surface area contributed by atoms with Gasteiger partial charge in [0, 0.05) is 35.4 Å². The second-order valence-corrected chi connectivity index (χ2v) is 8.93. The zero-order valence-corrected chi connectivity index (χ0v) is 19.9. The van der Waals surface area contributed by atoms with Crippen LogP contribution >= 0.6 is 0 Å². The van der Waals surface area contributed by atoms with E-state index < -0.39 is 9.85 Å². The van der Waals surface area contributed by atoms with Gasteiger partial charge in [-0.2, -0.15) is 0 Å². The smallest absolute Gasteiger partial charge is 0.258 e. The normalized spacial score (nSPS) is 11.1. The van der Waals surface area contributed by atoms with Gasteiger partial charge < -0.3 is 0 Å². The molecular weight excluding hydrogens is 478 g/mol. The van der Waals surface area contributed by atoms with Gasteiger partial charge >= 0.3 is 0 Å². The van der Waals surface area contributed by atoms with E-state index in [1.165, 1.54) is 24.3 Å². The first-order valence-electron chi connectivity index (χ1n) is 11.9. The molecule has 7 heteroatoms. The fraction of sp³-hybridized carbons (Fsp3) is 0. The Morgan fingerprint density at radius 1 is 0.500 bits per heavy atom. The zero-order chi connectivity index (χ0) is 26.2. The van der Waals surface area contributed by atoms with Crippen LogP contribution in [-0.4, -0.2) is 14.8 Å². The molecule has 1 aromatic heterocycles. The average Bonchev–Trinajstić information content (AvgIpc) is 2.95. The van der Waals surface area contributed by atoms with Crippen LogP contribution in [-0.2, 0) is 0 Å². The van der Waals surface area contributed by atoms with Crippen molar-refractivity contribution in [1.82, 2.24) is 4.98 Å². The van der Waals surface area contributed by atoms with Crippen LogP contribution in [0.2, 0.25) is 0 Å². The van der Waals surface area contributed by atoms with Gasteiger partial charge in [-0.05, 0) is 75.1 Å². The largest absolute Gasteiger partial charge is 0.269 e. The number of nitrogens with zero attached hydrogens (tertiary/aromatic N) is 3. The van der Waals surface area contributed by atoms with Crippen molar-refractivity contribution in [2.24, 2.45) is 0 Å². The number of hydrogen-bond donors (Lipinski definition) is 0. The van der Waals surface area contributed by atoms with Crippen molar-refractivity contribution in [1.29, 1.82) is 0 Å². The molecule has 0 aliphatic heterocycles. The summed E-state index contributed by atoms with van der Waals surface area (Å²) in [6, 6.07) is 35.1. The van der Waals surface area contributed by atoms with E-state index in [2.05, 4.69) is 30.3 Å². The number of nitro benzene ring substituents is 2. The van der Waals surface area contributed by atoms with E-state index in [4.69, 9.17) is 4.98 Å². The molecule has 182 valence electrons. The number of pyridine rings is 1. The molecule has 0 atom stereocenters. The lowest BCUT2D eigenvalue weighted by Crippen LogP contribution is -1.94. The molecule has 0 bridgehead atoms. The number of aromatic nitrogens is 1. The summed E-state index contributed by atoms with van der Waals surface area (Å²) >= 11 is 0. The Morgan fingerprint density at radius 3 is 1.34 bits per heavy atom. The van der Waals surface area contributed by atoms with Crippen LogP contribution in [0.25, 0.3) is 55.2 Å². The van der Waals surface area contributed by atoms with Crippen molar-refractivity contribution in [2.75, 3.05) is 0 Å². The number of nitro groups is 2. The predicted molar refractivity (Wildman–Crippen MR) is 149 cm³/mol.